The molecule has 0 spiro atoms. The van der Waals surface area contributed by atoms with Gasteiger partial charge >= 0.3 is 0 Å². The van der Waals surface area contributed by atoms with Crippen molar-refractivity contribution in [3.8, 4) is 0 Å². The molecule has 1 aliphatic heterocycles. The molecule has 4 nitrogen and oxygen atoms in total. The molecule has 0 unspecified atom stereocenters. The Morgan fingerprint density at radius 3 is 2.53 bits per heavy atom. The third kappa shape index (κ3) is 2.00. The lowest BCUT2D eigenvalue weighted by Crippen LogP contribution is -2.44. The van der Waals surface area contributed by atoms with Gasteiger partial charge in [-0.25, -0.2) is 4.98 Å². The number of hydrogen-bond donors (Lipinski definition) is 2. The zero-order valence-corrected chi connectivity index (χ0v) is 11.2. The van der Waals surface area contributed by atoms with Crippen LogP contribution in [0.25, 0.3) is 11.0 Å². The van der Waals surface area contributed by atoms with Gasteiger partial charge in [0.1, 0.15) is 0 Å². The Kier molecular flexibility index (Phi) is 2.69. The van der Waals surface area contributed by atoms with Crippen molar-refractivity contribution in [3.63, 3.8) is 0 Å². The summed E-state index contributed by atoms with van der Waals surface area (Å²) in [5, 5.41) is 3.38. The van der Waals surface area contributed by atoms with Crippen molar-refractivity contribution >= 4 is 17.0 Å². The fourth-order valence-electron chi connectivity index (χ4n) is 3.25. The van der Waals surface area contributed by atoms with Crippen molar-refractivity contribution in [1.82, 2.24) is 15.3 Å². The average Bonchev–Trinajstić information content (AvgIpc) is 2.88. The highest BCUT2D eigenvalue weighted by Crippen LogP contribution is 2.27. The van der Waals surface area contributed by atoms with Crippen LogP contribution in [0.15, 0.2) is 12.1 Å². The highest BCUT2D eigenvalue weighted by Gasteiger charge is 2.16. The minimum atomic E-state index is 1.04. The quantitative estimate of drug-likeness (QED) is 0.818. The molecule has 0 amide bonds. The van der Waals surface area contributed by atoms with Gasteiger partial charge in [-0.1, -0.05) is 0 Å². The van der Waals surface area contributed by atoms with Crippen LogP contribution < -0.4 is 10.2 Å². The lowest BCUT2D eigenvalue weighted by Gasteiger charge is -2.26. The Bertz CT molecular complexity index is 552. The van der Waals surface area contributed by atoms with Gasteiger partial charge in [-0.3, -0.25) is 0 Å². The Hall–Kier alpha value is -1.55. The van der Waals surface area contributed by atoms with E-state index in [0.29, 0.717) is 0 Å². The standard InChI is InChI=1S/C15H20N4/c1-2-4-12-10-14-13(9-11(12)3-1)17-15(18-14)19-7-5-16-6-8-19/h9-10,16H,1-8H2,(H,17,18). The van der Waals surface area contributed by atoms with Gasteiger partial charge in [0.15, 0.2) is 0 Å². The van der Waals surface area contributed by atoms with Crippen LogP contribution in [0.3, 0.4) is 0 Å². The number of piperazine rings is 1. The Labute approximate surface area is 113 Å². The summed E-state index contributed by atoms with van der Waals surface area (Å²) in [5.41, 5.74) is 5.37. The summed E-state index contributed by atoms with van der Waals surface area (Å²) >= 11 is 0. The number of H-pyrrole nitrogens is 1. The number of imidazole rings is 1. The molecule has 0 atom stereocenters. The van der Waals surface area contributed by atoms with E-state index in [1.807, 2.05) is 0 Å². The van der Waals surface area contributed by atoms with E-state index >= 15 is 0 Å². The molecule has 2 aliphatic rings. The van der Waals surface area contributed by atoms with Crippen molar-refractivity contribution in [2.24, 2.45) is 0 Å². The van der Waals surface area contributed by atoms with Gasteiger partial charge in [0.2, 0.25) is 5.95 Å². The van der Waals surface area contributed by atoms with Gasteiger partial charge in [-0.2, -0.15) is 0 Å². The van der Waals surface area contributed by atoms with Crippen LogP contribution in [-0.4, -0.2) is 36.1 Å². The van der Waals surface area contributed by atoms with Crippen LogP contribution in [0, 0.1) is 0 Å². The summed E-state index contributed by atoms with van der Waals surface area (Å²) in [5.74, 6) is 1.04. The van der Waals surface area contributed by atoms with E-state index < -0.39 is 0 Å². The maximum atomic E-state index is 4.79. The number of rotatable bonds is 1. The van der Waals surface area contributed by atoms with Crippen LogP contribution in [0.1, 0.15) is 24.0 Å². The maximum absolute atomic E-state index is 4.79. The fraction of sp³-hybridized carbons (Fsp3) is 0.533. The van der Waals surface area contributed by atoms with Gasteiger partial charge in [0, 0.05) is 26.2 Å². The monoisotopic (exact) mass is 256 g/mol. The van der Waals surface area contributed by atoms with E-state index in [2.05, 4.69) is 27.3 Å². The lowest BCUT2D eigenvalue weighted by molar-refractivity contribution is 0.582. The van der Waals surface area contributed by atoms with Gasteiger partial charge in [-0.15, -0.1) is 0 Å². The summed E-state index contributed by atoms with van der Waals surface area (Å²) in [6.45, 7) is 4.18. The molecule has 1 fully saturated rings. The number of aromatic nitrogens is 2. The van der Waals surface area contributed by atoms with Crippen LogP contribution >= 0.6 is 0 Å². The van der Waals surface area contributed by atoms with Gasteiger partial charge in [0.05, 0.1) is 11.0 Å². The first kappa shape index (κ1) is 11.3. The molecule has 2 N–H and O–H groups in total. The van der Waals surface area contributed by atoms with Crippen molar-refractivity contribution in [2.75, 3.05) is 31.1 Å². The molecule has 1 aliphatic carbocycles. The predicted molar refractivity (Wildman–Crippen MR) is 77.8 cm³/mol. The van der Waals surface area contributed by atoms with Gasteiger partial charge < -0.3 is 15.2 Å². The van der Waals surface area contributed by atoms with Crippen LogP contribution in [0.4, 0.5) is 5.95 Å². The van der Waals surface area contributed by atoms with E-state index in [0.717, 1.165) is 37.6 Å². The molecule has 100 valence electrons. The second-order valence-electron chi connectivity index (χ2n) is 5.64. The molecule has 0 saturated carbocycles. The topological polar surface area (TPSA) is 44.0 Å². The molecule has 4 rings (SSSR count). The van der Waals surface area contributed by atoms with Crippen molar-refractivity contribution in [1.29, 1.82) is 0 Å². The first-order valence-electron chi connectivity index (χ1n) is 7.37. The number of aromatic amines is 1. The third-order valence-corrected chi connectivity index (χ3v) is 4.35. The highest BCUT2D eigenvalue weighted by molar-refractivity contribution is 5.79. The van der Waals surface area contributed by atoms with E-state index in [4.69, 9.17) is 4.98 Å². The SMILES string of the molecule is c1c2c(cc3[nH]c(N4CCNCC4)nc13)CCCC2. The van der Waals surface area contributed by atoms with E-state index in [-0.39, 0.29) is 0 Å². The minimum Gasteiger partial charge on any atom is -0.340 e. The summed E-state index contributed by atoms with van der Waals surface area (Å²) in [7, 11) is 0. The number of nitrogens with zero attached hydrogens (tertiary/aromatic N) is 2. The van der Waals surface area contributed by atoms with Gasteiger partial charge in [0.25, 0.3) is 0 Å². The second-order valence-corrected chi connectivity index (χ2v) is 5.64. The van der Waals surface area contributed by atoms with Crippen LogP contribution in [0.2, 0.25) is 0 Å². The normalized spacial score (nSPS) is 19.7. The zero-order valence-electron chi connectivity index (χ0n) is 11.2. The molecule has 1 saturated heterocycles. The molecule has 2 heterocycles. The lowest BCUT2D eigenvalue weighted by atomic mass is 9.91. The molecule has 1 aromatic carbocycles. The van der Waals surface area contributed by atoms with E-state index in [1.54, 1.807) is 0 Å². The number of benzene rings is 1. The largest absolute Gasteiger partial charge is 0.340 e. The van der Waals surface area contributed by atoms with E-state index in [1.165, 1.54) is 42.3 Å². The number of aryl methyl sites for hydroxylation is 2. The molecular weight excluding hydrogens is 236 g/mol. The third-order valence-electron chi connectivity index (χ3n) is 4.35. The molecule has 1 aromatic heterocycles. The summed E-state index contributed by atoms with van der Waals surface area (Å²) in [4.78, 5) is 10.6. The molecule has 2 aromatic rings. The maximum Gasteiger partial charge on any atom is 0.203 e. The number of hydrogen-bond acceptors (Lipinski definition) is 3. The van der Waals surface area contributed by atoms with Crippen molar-refractivity contribution in [3.05, 3.63) is 23.3 Å². The average molecular weight is 256 g/mol. The summed E-state index contributed by atoms with van der Waals surface area (Å²) in [6, 6.07) is 4.62. The fourth-order valence-corrected chi connectivity index (χ4v) is 3.25. The Morgan fingerprint density at radius 2 is 1.74 bits per heavy atom. The highest BCUT2D eigenvalue weighted by atomic mass is 15.3. The van der Waals surface area contributed by atoms with Crippen molar-refractivity contribution in [2.45, 2.75) is 25.7 Å². The second kappa shape index (κ2) is 4.53. The summed E-state index contributed by atoms with van der Waals surface area (Å²) < 4.78 is 0. The number of fused-ring (bicyclic) bond motifs is 2. The van der Waals surface area contributed by atoms with Gasteiger partial charge in [-0.05, 0) is 48.9 Å². The Balaban J connectivity index is 1.73. The van der Waals surface area contributed by atoms with E-state index in [9.17, 15) is 0 Å². The number of nitrogens with one attached hydrogen (secondary N) is 2. The Morgan fingerprint density at radius 1 is 1.00 bits per heavy atom. The van der Waals surface area contributed by atoms with Crippen LogP contribution in [0.5, 0.6) is 0 Å². The zero-order chi connectivity index (χ0) is 12.7. The van der Waals surface area contributed by atoms with Crippen molar-refractivity contribution < 1.29 is 0 Å². The summed E-state index contributed by atoms with van der Waals surface area (Å²) in [6.07, 6.45) is 5.11. The molecule has 4 heteroatoms. The number of anilines is 1. The smallest absolute Gasteiger partial charge is 0.203 e. The molecule has 19 heavy (non-hydrogen) atoms. The first-order valence-corrected chi connectivity index (χ1v) is 7.37. The minimum absolute atomic E-state index is 1.04. The molecule has 0 bridgehead atoms. The first-order chi connectivity index (χ1) is 9.40. The predicted octanol–water partition coefficient (Wildman–Crippen LogP) is 1.85. The molecule has 0 radical (unpaired) electrons. The van der Waals surface area contributed by atoms with Crippen LogP contribution in [-0.2, 0) is 12.8 Å². The molecular formula is C15H20N4.